The van der Waals surface area contributed by atoms with Gasteiger partial charge in [-0.25, -0.2) is 0 Å². The summed E-state index contributed by atoms with van der Waals surface area (Å²) in [6.07, 6.45) is 4.61. The lowest BCUT2D eigenvalue weighted by Crippen LogP contribution is -2.27. The number of nitrogens with zero attached hydrogens (tertiary/aromatic N) is 2. The van der Waals surface area contributed by atoms with Crippen LogP contribution in [-0.4, -0.2) is 22.9 Å². The van der Waals surface area contributed by atoms with Crippen molar-refractivity contribution in [1.29, 1.82) is 0 Å². The van der Waals surface area contributed by atoms with Crippen LogP contribution in [0.15, 0.2) is 12.7 Å². The van der Waals surface area contributed by atoms with Gasteiger partial charge in [-0.1, -0.05) is 24.6 Å². The summed E-state index contributed by atoms with van der Waals surface area (Å²) in [5, 5.41) is 8.48. The van der Waals surface area contributed by atoms with Crippen molar-refractivity contribution in [2.24, 2.45) is 7.05 Å². The maximum Gasteiger partial charge on any atom is 0.0850 e. The second-order valence-corrected chi connectivity index (χ2v) is 4.28. The largest absolute Gasteiger partial charge is 0.316 e. The molecule has 0 aromatic carbocycles. The summed E-state index contributed by atoms with van der Waals surface area (Å²) < 4.78 is 1.88. The van der Waals surface area contributed by atoms with Gasteiger partial charge >= 0.3 is 0 Å². The third kappa shape index (κ3) is 2.86. The van der Waals surface area contributed by atoms with E-state index in [1.807, 2.05) is 24.9 Å². The number of likely N-dealkylation sites (N-methyl/N-ethyl adjacent to an activating group) is 1. The first-order valence-corrected chi connectivity index (χ1v) is 6.00. The van der Waals surface area contributed by atoms with E-state index in [9.17, 15) is 0 Å². The van der Waals surface area contributed by atoms with Crippen LogP contribution in [-0.2, 0) is 19.9 Å². The average molecular weight is 242 g/mol. The zero-order chi connectivity index (χ0) is 12.1. The molecule has 0 saturated heterocycles. The van der Waals surface area contributed by atoms with Gasteiger partial charge in [0.05, 0.1) is 16.4 Å². The molecule has 0 aliphatic carbocycles. The molecule has 90 valence electrons. The van der Waals surface area contributed by atoms with E-state index in [1.165, 1.54) is 0 Å². The van der Waals surface area contributed by atoms with Gasteiger partial charge in [0.15, 0.2) is 0 Å². The molecule has 1 aromatic rings. The van der Waals surface area contributed by atoms with E-state index in [0.717, 1.165) is 35.7 Å². The summed E-state index contributed by atoms with van der Waals surface area (Å²) in [5.74, 6) is 0. The van der Waals surface area contributed by atoms with Crippen LogP contribution in [0.5, 0.6) is 0 Å². The Labute approximate surface area is 102 Å². The molecule has 1 heterocycles. The van der Waals surface area contributed by atoms with Crippen LogP contribution in [0.25, 0.3) is 0 Å². The van der Waals surface area contributed by atoms with Crippen molar-refractivity contribution in [3.05, 3.63) is 29.1 Å². The molecule has 16 heavy (non-hydrogen) atoms. The van der Waals surface area contributed by atoms with Crippen molar-refractivity contribution in [1.82, 2.24) is 15.1 Å². The van der Waals surface area contributed by atoms with E-state index < -0.39 is 0 Å². The molecule has 0 fully saturated rings. The van der Waals surface area contributed by atoms with Crippen LogP contribution in [0.4, 0.5) is 0 Å². The minimum atomic E-state index is 0.370. The molecule has 0 radical (unpaired) electrons. The fourth-order valence-electron chi connectivity index (χ4n) is 1.78. The highest BCUT2D eigenvalue weighted by Crippen LogP contribution is 2.22. The lowest BCUT2D eigenvalue weighted by Gasteiger charge is -2.14. The van der Waals surface area contributed by atoms with Crippen molar-refractivity contribution in [2.45, 2.75) is 32.2 Å². The molecule has 0 aliphatic heterocycles. The number of hydrogen-bond acceptors (Lipinski definition) is 2. The van der Waals surface area contributed by atoms with Crippen LogP contribution < -0.4 is 5.32 Å². The summed E-state index contributed by atoms with van der Waals surface area (Å²) >= 11 is 6.29. The van der Waals surface area contributed by atoms with Crippen molar-refractivity contribution >= 4 is 11.6 Å². The molecule has 1 N–H and O–H groups in total. The van der Waals surface area contributed by atoms with E-state index in [-0.39, 0.29) is 0 Å². The Hall–Kier alpha value is -0.800. The summed E-state index contributed by atoms with van der Waals surface area (Å²) in [4.78, 5) is 0. The second-order valence-electron chi connectivity index (χ2n) is 3.90. The molecular formula is C12H20ClN3. The van der Waals surface area contributed by atoms with Crippen LogP contribution >= 0.6 is 11.6 Å². The Bertz CT molecular complexity index is 357. The second kappa shape index (κ2) is 6.06. The van der Waals surface area contributed by atoms with Gasteiger partial charge in [-0.2, -0.15) is 5.10 Å². The average Bonchev–Trinajstić information content (AvgIpc) is 2.55. The fraction of sp³-hybridized carbons (Fsp3) is 0.583. The number of hydrogen-bond donors (Lipinski definition) is 1. The normalized spacial score (nSPS) is 12.8. The Morgan fingerprint density at radius 2 is 2.31 bits per heavy atom. The molecule has 1 unspecified atom stereocenters. The zero-order valence-corrected chi connectivity index (χ0v) is 11.0. The first-order chi connectivity index (χ1) is 7.63. The Balaban J connectivity index is 2.86. The molecule has 1 rings (SSSR count). The molecule has 1 atom stereocenters. The van der Waals surface area contributed by atoms with Gasteiger partial charge in [0.2, 0.25) is 0 Å². The van der Waals surface area contributed by atoms with Gasteiger partial charge in [0.1, 0.15) is 0 Å². The predicted octanol–water partition coefficient (Wildman–Crippen LogP) is 2.34. The molecule has 0 aliphatic rings. The van der Waals surface area contributed by atoms with Gasteiger partial charge in [0.25, 0.3) is 0 Å². The molecule has 0 bridgehead atoms. The van der Waals surface area contributed by atoms with E-state index in [0.29, 0.717) is 6.04 Å². The van der Waals surface area contributed by atoms with Gasteiger partial charge in [0, 0.05) is 19.5 Å². The number of aromatic nitrogens is 2. The van der Waals surface area contributed by atoms with Gasteiger partial charge in [-0.15, -0.1) is 6.58 Å². The highest BCUT2D eigenvalue weighted by Gasteiger charge is 2.16. The molecule has 0 spiro atoms. The lowest BCUT2D eigenvalue weighted by molar-refractivity contribution is 0.541. The van der Waals surface area contributed by atoms with E-state index in [4.69, 9.17) is 11.6 Å². The zero-order valence-electron chi connectivity index (χ0n) is 10.3. The minimum absolute atomic E-state index is 0.370. The molecule has 4 heteroatoms. The molecule has 1 aromatic heterocycles. The van der Waals surface area contributed by atoms with Crippen LogP contribution in [0, 0.1) is 0 Å². The number of rotatable bonds is 6. The maximum absolute atomic E-state index is 6.29. The summed E-state index contributed by atoms with van der Waals surface area (Å²) in [5.41, 5.74) is 2.08. The Morgan fingerprint density at radius 1 is 1.62 bits per heavy atom. The first-order valence-electron chi connectivity index (χ1n) is 5.62. The topological polar surface area (TPSA) is 29.9 Å². The standard InChI is InChI=1S/C12H20ClN3/c1-5-7-9(14-3)8-11-12(13)10(6-2)15-16(11)4/h5,9,14H,1,6-8H2,2-4H3. The Morgan fingerprint density at radius 3 is 2.75 bits per heavy atom. The third-order valence-electron chi connectivity index (χ3n) is 2.80. The minimum Gasteiger partial charge on any atom is -0.316 e. The van der Waals surface area contributed by atoms with Crippen molar-refractivity contribution < 1.29 is 0 Å². The van der Waals surface area contributed by atoms with Gasteiger partial charge in [-0.3, -0.25) is 4.68 Å². The van der Waals surface area contributed by atoms with E-state index in [2.05, 4.69) is 23.9 Å². The smallest absolute Gasteiger partial charge is 0.0850 e. The van der Waals surface area contributed by atoms with Crippen LogP contribution in [0.2, 0.25) is 5.02 Å². The molecular weight excluding hydrogens is 222 g/mol. The highest BCUT2D eigenvalue weighted by molar-refractivity contribution is 6.31. The van der Waals surface area contributed by atoms with Crippen LogP contribution in [0.3, 0.4) is 0 Å². The monoisotopic (exact) mass is 241 g/mol. The fourth-order valence-corrected chi connectivity index (χ4v) is 2.15. The van der Waals surface area contributed by atoms with Crippen molar-refractivity contribution in [3.63, 3.8) is 0 Å². The molecule has 3 nitrogen and oxygen atoms in total. The quantitative estimate of drug-likeness (QED) is 0.775. The number of nitrogens with one attached hydrogen (secondary N) is 1. The first kappa shape index (κ1) is 13.3. The van der Waals surface area contributed by atoms with Gasteiger partial charge < -0.3 is 5.32 Å². The van der Waals surface area contributed by atoms with Crippen LogP contribution in [0.1, 0.15) is 24.7 Å². The Kier molecular flexibility index (Phi) is 5.03. The van der Waals surface area contributed by atoms with Crippen molar-refractivity contribution in [2.75, 3.05) is 7.05 Å². The maximum atomic E-state index is 6.29. The SMILES string of the molecule is C=CCC(Cc1c(Cl)c(CC)nn1C)NC. The van der Waals surface area contributed by atoms with E-state index >= 15 is 0 Å². The lowest BCUT2D eigenvalue weighted by atomic mass is 10.1. The van der Waals surface area contributed by atoms with Crippen molar-refractivity contribution in [3.8, 4) is 0 Å². The molecule has 0 amide bonds. The summed E-state index contributed by atoms with van der Waals surface area (Å²) in [7, 11) is 3.90. The third-order valence-corrected chi connectivity index (χ3v) is 3.24. The van der Waals surface area contributed by atoms with Gasteiger partial charge in [-0.05, 0) is 19.9 Å². The summed E-state index contributed by atoms with van der Waals surface area (Å²) in [6.45, 7) is 5.83. The molecule has 0 saturated carbocycles. The summed E-state index contributed by atoms with van der Waals surface area (Å²) in [6, 6.07) is 0.370. The predicted molar refractivity (Wildman–Crippen MR) is 69.0 cm³/mol. The number of aryl methyl sites for hydroxylation is 2. The highest BCUT2D eigenvalue weighted by atomic mass is 35.5. The number of halogens is 1. The van der Waals surface area contributed by atoms with E-state index in [1.54, 1.807) is 0 Å².